The zero-order valence-electron chi connectivity index (χ0n) is 14.9. The molecule has 1 atom stereocenters. The number of nitrogens with one attached hydrogen (secondary N) is 1. The lowest BCUT2D eigenvalue weighted by Gasteiger charge is -2.21. The summed E-state index contributed by atoms with van der Waals surface area (Å²) in [7, 11) is 1.77. The van der Waals surface area contributed by atoms with Crippen LogP contribution in [0.3, 0.4) is 0 Å². The summed E-state index contributed by atoms with van der Waals surface area (Å²) in [5.41, 5.74) is 2.19. The van der Waals surface area contributed by atoms with Crippen molar-refractivity contribution >= 4 is 17.3 Å². The van der Waals surface area contributed by atoms with E-state index in [1.807, 2.05) is 18.2 Å². The van der Waals surface area contributed by atoms with Crippen LogP contribution in [0.2, 0.25) is 0 Å². The average Bonchev–Trinajstić information content (AvgIpc) is 3.29. The van der Waals surface area contributed by atoms with E-state index in [2.05, 4.69) is 34.7 Å². The van der Waals surface area contributed by atoms with Gasteiger partial charge in [-0.2, -0.15) is 0 Å². The van der Waals surface area contributed by atoms with Gasteiger partial charge in [-0.15, -0.1) is 11.3 Å². The summed E-state index contributed by atoms with van der Waals surface area (Å²) in [6.45, 7) is 6.46. The summed E-state index contributed by atoms with van der Waals surface area (Å²) >= 11 is 1.67. The van der Waals surface area contributed by atoms with Crippen LogP contribution in [-0.4, -0.2) is 49.2 Å². The van der Waals surface area contributed by atoms with Gasteiger partial charge in [0.15, 0.2) is 5.96 Å². The summed E-state index contributed by atoms with van der Waals surface area (Å²) in [5, 5.41) is 6.56. The summed E-state index contributed by atoms with van der Waals surface area (Å²) in [6, 6.07) is 10.3. The maximum Gasteiger partial charge on any atom is 0.194 e. The Kier molecular flexibility index (Phi) is 6.42. The first-order chi connectivity index (χ1) is 12.3. The van der Waals surface area contributed by atoms with E-state index >= 15 is 0 Å². The Morgan fingerprint density at radius 2 is 2.24 bits per heavy atom. The number of guanidine groups is 1. The molecule has 0 spiro atoms. The Morgan fingerprint density at radius 1 is 1.40 bits per heavy atom. The molecule has 134 valence electrons. The zero-order valence-corrected chi connectivity index (χ0v) is 15.8. The van der Waals surface area contributed by atoms with E-state index in [1.54, 1.807) is 18.4 Å². The van der Waals surface area contributed by atoms with E-state index in [1.165, 1.54) is 0 Å². The molecule has 1 saturated heterocycles. The highest BCUT2D eigenvalue weighted by Crippen LogP contribution is 2.22. The van der Waals surface area contributed by atoms with Crippen molar-refractivity contribution in [1.82, 2.24) is 15.2 Å². The number of methoxy groups -OCH3 is 1. The van der Waals surface area contributed by atoms with Gasteiger partial charge in [0, 0.05) is 43.6 Å². The van der Waals surface area contributed by atoms with Gasteiger partial charge in [0.05, 0.1) is 18.8 Å². The van der Waals surface area contributed by atoms with E-state index in [9.17, 15) is 0 Å². The fraction of sp³-hybridized carbons (Fsp3) is 0.474. The van der Waals surface area contributed by atoms with Gasteiger partial charge in [-0.05, 0) is 13.3 Å². The third kappa shape index (κ3) is 4.80. The molecule has 5 nitrogen and oxygen atoms in total. The average molecular weight is 359 g/mol. The van der Waals surface area contributed by atoms with E-state index in [0.717, 1.165) is 54.9 Å². The number of benzene rings is 1. The van der Waals surface area contributed by atoms with Gasteiger partial charge < -0.3 is 15.0 Å². The molecule has 1 aliphatic rings. The van der Waals surface area contributed by atoms with Crippen molar-refractivity contribution < 1.29 is 4.74 Å². The van der Waals surface area contributed by atoms with Crippen LogP contribution >= 0.6 is 11.3 Å². The predicted molar refractivity (Wildman–Crippen MR) is 104 cm³/mol. The highest BCUT2D eigenvalue weighted by Gasteiger charge is 2.24. The summed E-state index contributed by atoms with van der Waals surface area (Å²) in [4.78, 5) is 11.9. The molecule has 1 aromatic heterocycles. The molecule has 1 unspecified atom stereocenters. The van der Waals surface area contributed by atoms with Crippen LogP contribution in [0.15, 0.2) is 40.7 Å². The molecule has 0 aliphatic carbocycles. The van der Waals surface area contributed by atoms with Crippen LogP contribution in [0, 0.1) is 5.92 Å². The first kappa shape index (κ1) is 17.9. The Balaban J connectivity index is 1.65. The van der Waals surface area contributed by atoms with Crippen LogP contribution in [0.5, 0.6) is 0 Å². The van der Waals surface area contributed by atoms with Gasteiger partial charge in [0.25, 0.3) is 0 Å². The second kappa shape index (κ2) is 8.97. The van der Waals surface area contributed by atoms with E-state index < -0.39 is 0 Å². The standard InChI is InChI=1S/C19H26N4OS/c1-3-20-19(23-10-9-15(12-23)13-24-2)21-11-18-22-17(14-25-18)16-7-5-4-6-8-16/h4-8,14-15H,3,9-13H2,1-2H3,(H,20,21). The topological polar surface area (TPSA) is 49.8 Å². The molecule has 6 heteroatoms. The number of hydrogen-bond acceptors (Lipinski definition) is 4. The number of aliphatic imine (C=N–C) groups is 1. The molecular formula is C19H26N4OS. The number of rotatable bonds is 6. The number of thiazole rings is 1. The van der Waals surface area contributed by atoms with Crippen molar-refractivity contribution in [3.8, 4) is 11.3 Å². The van der Waals surface area contributed by atoms with Gasteiger partial charge >= 0.3 is 0 Å². The normalized spacial score (nSPS) is 17.9. The Hall–Kier alpha value is -1.92. The van der Waals surface area contributed by atoms with Crippen LogP contribution in [-0.2, 0) is 11.3 Å². The van der Waals surface area contributed by atoms with Gasteiger partial charge in [0.2, 0.25) is 0 Å². The molecule has 1 N–H and O–H groups in total. The second-order valence-corrected chi connectivity index (χ2v) is 7.16. The maximum atomic E-state index is 5.29. The third-order valence-electron chi connectivity index (χ3n) is 4.31. The molecular weight excluding hydrogens is 332 g/mol. The van der Waals surface area contributed by atoms with E-state index in [-0.39, 0.29) is 0 Å². The fourth-order valence-corrected chi connectivity index (χ4v) is 3.82. The zero-order chi connectivity index (χ0) is 17.5. The minimum atomic E-state index is 0.596. The van der Waals surface area contributed by atoms with E-state index in [0.29, 0.717) is 12.5 Å². The third-order valence-corrected chi connectivity index (χ3v) is 5.14. The maximum absolute atomic E-state index is 5.29. The highest BCUT2D eigenvalue weighted by molar-refractivity contribution is 7.09. The number of aromatic nitrogens is 1. The Morgan fingerprint density at radius 3 is 3.00 bits per heavy atom. The highest BCUT2D eigenvalue weighted by atomic mass is 32.1. The predicted octanol–water partition coefficient (Wildman–Crippen LogP) is 3.24. The minimum absolute atomic E-state index is 0.596. The number of hydrogen-bond donors (Lipinski definition) is 1. The molecule has 0 amide bonds. The van der Waals surface area contributed by atoms with Gasteiger partial charge in [0.1, 0.15) is 5.01 Å². The van der Waals surface area contributed by atoms with Gasteiger partial charge in [-0.3, -0.25) is 0 Å². The molecule has 2 heterocycles. The van der Waals surface area contributed by atoms with Crippen molar-refractivity contribution in [2.45, 2.75) is 19.9 Å². The Bertz CT molecular complexity index is 686. The van der Waals surface area contributed by atoms with Crippen molar-refractivity contribution in [2.75, 3.05) is 33.4 Å². The molecule has 25 heavy (non-hydrogen) atoms. The molecule has 3 rings (SSSR count). The lowest BCUT2D eigenvalue weighted by Crippen LogP contribution is -2.40. The van der Waals surface area contributed by atoms with Crippen LogP contribution < -0.4 is 5.32 Å². The quantitative estimate of drug-likeness (QED) is 0.636. The monoisotopic (exact) mass is 358 g/mol. The molecule has 1 aliphatic heterocycles. The summed E-state index contributed by atoms with van der Waals surface area (Å²) in [5.74, 6) is 1.58. The molecule has 0 bridgehead atoms. The number of nitrogens with zero attached hydrogens (tertiary/aromatic N) is 3. The van der Waals surface area contributed by atoms with Crippen LogP contribution in [0.25, 0.3) is 11.3 Å². The second-order valence-electron chi connectivity index (χ2n) is 6.22. The SMILES string of the molecule is CCNC(=NCc1nc(-c2ccccc2)cs1)N1CCC(COC)C1. The van der Waals surface area contributed by atoms with Crippen molar-refractivity contribution in [1.29, 1.82) is 0 Å². The number of ether oxygens (including phenoxy) is 1. The van der Waals surface area contributed by atoms with Crippen LogP contribution in [0.1, 0.15) is 18.4 Å². The van der Waals surface area contributed by atoms with Gasteiger partial charge in [-0.1, -0.05) is 30.3 Å². The first-order valence-electron chi connectivity index (χ1n) is 8.82. The fourth-order valence-electron chi connectivity index (χ4n) is 3.09. The van der Waals surface area contributed by atoms with Gasteiger partial charge in [-0.25, -0.2) is 9.98 Å². The molecule has 1 aromatic carbocycles. The largest absolute Gasteiger partial charge is 0.384 e. The molecule has 2 aromatic rings. The van der Waals surface area contributed by atoms with E-state index in [4.69, 9.17) is 14.7 Å². The smallest absolute Gasteiger partial charge is 0.194 e. The number of likely N-dealkylation sites (tertiary alicyclic amines) is 1. The van der Waals surface area contributed by atoms with Crippen molar-refractivity contribution in [3.63, 3.8) is 0 Å². The summed E-state index contributed by atoms with van der Waals surface area (Å²) < 4.78 is 5.29. The molecule has 1 fully saturated rings. The summed E-state index contributed by atoms with van der Waals surface area (Å²) in [6.07, 6.45) is 1.16. The van der Waals surface area contributed by atoms with Crippen LogP contribution in [0.4, 0.5) is 0 Å². The first-order valence-corrected chi connectivity index (χ1v) is 9.70. The molecule has 0 radical (unpaired) electrons. The molecule has 0 saturated carbocycles. The van der Waals surface area contributed by atoms with Crippen molar-refractivity contribution in [2.24, 2.45) is 10.9 Å². The van der Waals surface area contributed by atoms with Crippen molar-refractivity contribution in [3.05, 3.63) is 40.7 Å². The lowest BCUT2D eigenvalue weighted by atomic mass is 10.1. The Labute approximate surface area is 153 Å². The lowest BCUT2D eigenvalue weighted by molar-refractivity contribution is 0.157. The minimum Gasteiger partial charge on any atom is -0.384 e.